The standard InChI is InChI=1S/C29H29NO3/c1-20(18-21-8-3-2-4-9-21)22-14-16-24(17-15-22)33-19-23-10-7-13-27(23)30-28(31)25-11-5-6-12-26(25)29(30)32/h2-6,8-9,11-12,14-17,20,23,27H,7,10,13,18-19H2,1H3. The molecule has 5 rings (SSSR count). The summed E-state index contributed by atoms with van der Waals surface area (Å²) in [7, 11) is 0. The van der Waals surface area contributed by atoms with Crippen LogP contribution in [0.25, 0.3) is 0 Å². The van der Waals surface area contributed by atoms with Crippen LogP contribution in [0.2, 0.25) is 0 Å². The zero-order valence-electron chi connectivity index (χ0n) is 18.9. The molecule has 0 saturated heterocycles. The van der Waals surface area contributed by atoms with Crippen LogP contribution in [0.1, 0.15) is 63.9 Å². The van der Waals surface area contributed by atoms with Crippen molar-refractivity contribution in [3.8, 4) is 5.75 Å². The van der Waals surface area contributed by atoms with E-state index in [1.54, 1.807) is 12.1 Å². The normalized spacial score (nSPS) is 20.7. The number of carbonyl (C=O) groups is 2. The zero-order chi connectivity index (χ0) is 22.8. The molecular formula is C29H29NO3. The monoisotopic (exact) mass is 439 g/mol. The van der Waals surface area contributed by atoms with Gasteiger partial charge in [-0.15, -0.1) is 0 Å². The number of rotatable bonds is 7. The lowest BCUT2D eigenvalue weighted by molar-refractivity contribution is 0.0522. The first-order valence-corrected chi connectivity index (χ1v) is 11.9. The Kier molecular flexibility index (Phi) is 5.99. The first-order chi connectivity index (χ1) is 16.1. The van der Waals surface area contributed by atoms with Gasteiger partial charge in [-0.2, -0.15) is 0 Å². The van der Waals surface area contributed by atoms with E-state index in [0.717, 1.165) is 31.4 Å². The Morgan fingerprint density at radius 2 is 1.48 bits per heavy atom. The summed E-state index contributed by atoms with van der Waals surface area (Å²) in [6.45, 7) is 2.76. The minimum absolute atomic E-state index is 0.0948. The Labute approximate surface area is 195 Å². The number of hydrogen-bond donors (Lipinski definition) is 0. The maximum absolute atomic E-state index is 12.9. The summed E-state index contributed by atoms with van der Waals surface area (Å²) < 4.78 is 6.13. The largest absolute Gasteiger partial charge is 0.493 e. The van der Waals surface area contributed by atoms with E-state index in [9.17, 15) is 9.59 Å². The molecular weight excluding hydrogens is 410 g/mol. The van der Waals surface area contributed by atoms with Gasteiger partial charge in [-0.1, -0.05) is 67.9 Å². The molecule has 1 heterocycles. The highest BCUT2D eigenvalue weighted by atomic mass is 16.5. The molecule has 1 aliphatic carbocycles. The van der Waals surface area contributed by atoms with Crippen molar-refractivity contribution in [3.05, 3.63) is 101 Å². The van der Waals surface area contributed by atoms with Crippen molar-refractivity contribution in [2.45, 2.75) is 44.6 Å². The van der Waals surface area contributed by atoms with Gasteiger partial charge in [0, 0.05) is 12.0 Å². The third kappa shape index (κ3) is 4.30. The lowest BCUT2D eigenvalue weighted by Gasteiger charge is -2.28. The molecule has 33 heavy (non-hydrogen) atoms. The highest BCUT2D eigenvalue weighted by Gasteiger charge is 2.44. The Balaban J connectivity index is 1.21. The predicted octanol–water partition coefficient (Wildman–Crippen LogP) is 5.88. The van der Waals surface area contributed by atoms with Crippen molar-refractivity contribution < 1.29 is 14.3 Å². The van der Waals surface area contributed by atoms with Crippen molar-refractivity contribution in [1.29, 1.82) is 0 Å². The molecule has 3 aromatic rings. The SMILES string of the molecule is CC(Cc1ccccc1)c1ccc(OCC2CCCC2N2C(=O)c3ccccc3C2=O)cc1. The topological polar surface area (TPSA) is 46.6 Å². The minimum atomic E-state index is -0.163. The van der Waals surface area contributed by atoms with Crippen LogP contribution in [0, 0.1) is 5.92 Å². The summed E-state index contributed by atoms with van der Waals surface area (Å²) >= 11 is 0. The molecule has 0 N–H and O–H groups in total. The van der Waals surface area contributed by atoms with Gasteiger partial charge in [0.2, 0.25) is 0 Å². The fourth-order valence-electron chi connectivity index (χ4n) is 5.24. The first-order valence-electron chi connectivity index (χ1n) is 11.9. The predicted molar refractivity (Wildman–Crippen MR) is 129 cm³/mol. The maximum Gasteiger partial charge on any atom is 0.261 e. The average molecular weight is 440 g/mol. The van der Waals surface area contributed by atoms with Crippen molar-refractivity contribution >= 4 is 11.8 Å². The van der Waals surface area contributed by atoms with Crippen LogP contribution in [-0.2, 0) is 6.42 Å². The van der Waals surface area contributed by atoms with Crippen LogP contribution in [0.15, 0.2) is 78.9 Å². The fraction of sp³-hybridized carbons (Fsp3) is 0.310. The van der Waals surface area contributed by atoms with E-state index in [-0.39, 0.29) is 23.8 Å². The molecule has 1 fully saturated rings. The lowest BCUT2D eigenvalue weighted by atomic mass is 9.94. The van der Waals surface area contributed by atoms with Gasteiger partial charge in [0.25, 0.3) is 11.8 Å². The van der Waals surface area contributed by atoms with Crippen molar-refractivity contribution in [2.75, 3.05) is 6.61 Å². The molecule has 0 bridgehead atoms. The molecule has 3 atom stereocenters. The molecule has 4 nitrogen and oxygen atoms in total. The van der Waals surface area contributed by atoms with Crippen molar-refractivity contribution in [2.24, 2.45) is 5.92 Å². The average Bonchev–Trinajstić information content (AvgIpc) is 3.40. The summed E-state index contributed by atoms with van der Waals surface area (Å²) in [5.74, 6) is 1.09. The Bertz CT molecular complexity index is 1100. The van der Waals surface area contributed by atoms with Crippen LogP contribution < -0.4 is 4.74 Å². The van der Waals surface area contributed by atoms with Gasteiger partial charge in [0.1, 0.15) is 5.75 Å². The number of hydrogen-bond acceptors (Lipinski definition) is 3. The third-order valence-corrected chi connectivity index (χ3v) is 7.07. The van der Waals surface area contributed by atoms with Gasteiger partial charge in [-0.25, -0.2) is 0 Å². The number of benzene rings is 3. The van der Waals surface area contributed by atoms with Gasteiger partial charge >= 0.3 is 0 Å². The van der Waals surface area contributed by atoms with Gasteiger partial charge in [0.15, 0.2) is 0 Å². The quantitative estimate of drug-likeness (QED) is 0.432. The van der Waals surface area contributed by atoms with Crippen LogP contribution in [0.3, 0.4) is 0 Å². The summed E-state index contributed by atoms with van der Waals surface area (Å²) in [6.07, 6.45) is 3.81. The number of carbonyl (C=O) groups excluding carboxylic acids is 2. The van der Waals surface area contributed by atoms with Crippen LogP contribution in [0.4, 0.5) is 0 Å². The molecule has 2 aliphatic rings. The molecule has 0 spiro atoms. The highest BCUT2D eigenvalue weighted by Crippen LogP contribution is 2.36. The third-order valence-electron chi connectivity index (χ3n) is 7.07. The Morgan fingerprint density at radius 3 is 2.15 bits per heavy atom. The number of ether oxygens (including phenoxy) is 1. The molecule has 4 heteroatoms. The van der Waals surface area contributed by atoms with Crippen LogP contribution in [0.5, 0.6) is 5.75 Å². The van der Waals surface area contributed by atoms with Crippen LogP contribution in [-0.4, -0.2) is 29.4 Å². The molecule has 0 radical (unpaired) electrons. The number of imide groups is 1. The van der Waals surface area contributed by atoms with Gasteiger partial charge in [-0.3, -0.25) is 14.5 Å². The van der Waals surface area contributed by atoms with E-state index in [1.165, 1.54) is 16.0 Å². The second-order valence-electron chi connectivity index (χ2n) is 9.26. The molecule has 1 saturated carbocycles. The van der Waals surface area contributed by atoms with Gasteiger partial charge in [-0.05, 0) is 60.6 Å². The minimum Gasteiger partial charge on any atom is -0.493 e. The van der Waals surface area contributed by atoms with E-state index in [1.807, 2.05) is 30.3 Å². The molecule has 168 valence electrons. The fourth-order valence-corrected chi connectivity index (χ4v) is 5.24. The molecule has 0 aromatic heterocycles. The maximum atomic E-state index is 12.9. The van der Waals surface area contributed by atoms with E-state index >= 15 is 0 Å². The second kappa shape index (κ2) is 9.22. The van der Waals surface area contributed by atoms with E-state index in [0.29, 0.717) is 23.7 Å². The zero-order valence-corrected chi connectivity index (χ0v) is 18.9. The molecule has 2 amide bonds. The van der Waals surface area contributed by atoms with E-state index in [2.05, 4.69) is 43.3 Å². The summed E-state index contributed by atoms with van der Waals surface area (Å²) in [4.78, 5) is 27.3. The van der Waals surface area contributed by atoms with Crippen LogP contribution >= 0.6 is 0 Å². The molecule has 3 unspecified atom stereocenters. The summed E-state index contributed by atoms with van der Waals surface area (Å²) in [5.41, 5.74) is 3.67. The van der Waals surface area contributed by atoms with Crippen molar-refractivity contribution in [3.63, 3.8) is 0 Å². The summed E-state index contributed by atoms with van der Waals surface area (Å²) in [6, 6.07) is 25.9. The van der Waals surface area contributed by atoms with E-state index in [4.69, 9.17) is 4.74 Å². The molecule has 1 aliphatic heterocycles. The molecule has 3 aromatic carbocycles. The van der Waals surface area contributed by atoms with E-state index < -0.39 is 0 Å². The Hall–Kier alpha value is -3.40. The van der Waals surface area contributed by atoms with Gasteiger partial charge < -0.3 is 4.74 Å². The Morgan fingerprint density at radius 1 is 0.848 bits per heavy atom. The number of nitrogens with zero attached hydrogens (tertiary/aromatic N) is 1. The lowest BCUT2D eigenvalue weighted by Crippen LogP contribution is -2.43. The second-order valence-corrected chi connectivity index (χ2v) is 9.26. The van der Waals surface area contributed by atoms with Gasteiger partial charge in [0.05, 0.1) is 17.7 Å². The number of amides is 2. The summed E-state index contributed by atoms with van der Waals surface area (Å²) in [5, 5.41) is 0. The highest BCUT2D eigenvalue weighted by molar-refractivity contribution is 6.21. The first kappa shape index (κ1) is 21.4. The number of fused-ring (bicyclic) bond motifs is 1. The van der Waals surface area contributed by atoms with Crippen molar-refractivity contribution in [1.82, 2.24) is 4.90 Å². The smallest absolute Gasteiger partial charge is 0.261 e.